The number of fused-ring (bicyclic) bond motifs is 24. The van der Waals surface area contributed by atoms with E-state index in [0.717, 1.165) is 6.42 Å². The first kappa shape index (κ1) is 56.9. The molecule has 5 aliphatic carbocycles. The summed E-state index contributed by atoms with van der Waals surface area (Å²) >= 11 is 0. The Hall–Kier alpha value is -12.1. The molecule has 16 aromatic rings. The molecule has 15 aromatic carbocycles. The number of rotatable bonds is 6. The van der Waals surface area contributed by atoms with E-state index in [2.05, 4.69) is 359 Å². The SMILES string of the molecule is CC1(C)c2cc(C3=CCC4C(=C3)c3ccccc3N4c3ccc4ccccc4c3)ccc2-c2ccc(-c3ccc4c(c3)C3(c5ccccc5-c5ccccc53)c3cc(-c5ccc6c(c5)C(C)(C)c5cc(-c7ccc8c(c7)c7ccccc7n8-c7ccc8ccccc8c7)ccc5-6)ccc3-4)cc21. The van der Waals surface area contributed by atoms with Crippen molar-refractivity contribution in [3.63, 3.8) is 0 Å². The largest absolute Gasteiger partial charge is 0.333 e. The van der Waals surface area contributed by atoms with Gasteiger partial charge in [-0.1, -0.05) is 258 Å². The Morgan fingerprint density at radius 1 is 0.287 bits per heavy atom. The molecule has 2 heteroatoms. The molecule has 22 rings (SSSR count). The predicted octanol–water partition coefficient (Wildman–Crippen LogP) is 25.4. The van der Waals surface area contributed by atoms with Crippen LogP contribution in [0.1, 0.15) is 89.8 Å². The lowest BCUT2D eigenvalue weighted by Crippen LogP contribution is -2.27. The topological polar surface area (TPSA) is 8.17 Å². The van der Waals surface area contributed by atoms with E-state index < -0.39 is 5.41 Å². The van der Waals surface area contributed by atoms with Crippen molar-refractivity contribution >= 4 is 65.9 Å². The predicted molar refractivity (Wildman–Crippen MR) is 423 cm³/mol. The molecule has 0 amide bonds. The number of hydrogen-bond donors (Lipinski definition) is 0. The summed E-state index contributed by atoms with van der Waals surface area (Å²) in [7, 11) is 0. The quantitative estimate of drug-likeness (QED) is 0.161. The first-order valence-corrected chi connectivity index (χ1v) is 36.0. The number of para-hydroxylation sites is 2. The molecule has 1 aliphatic heterocycles. The van der Waals surface area contributed by atoms with Gasteiger partial charge in [-0.15, -0.1) is 0 Å². The van der Waals surface area contributed by atoms with Crippen LogP contribution in [-0.4, -0.2) is 10.6 Å². The van der Waals surface area contributed by atoms with Crippen molar-refractivity contribution in [3.8, 4) is 83.6 Å². The zero-order chi connectivity index (χ0) is 66.8. The number of nitrogens with zero attached hydrogens (tertiary/aromatic N) is 2. The summed E-state index contributed by atoms with van der Waals surface area (Å²) in [6.07, 6.45) is 5.91. The van der Waals surface area contributed by atoms with Gasteiger partial charge in [0.25, 0.3) is 0 Å². The maximum absolute atomic E-state index is 2.57. The van der Waals surface area contributed by atoms with Crippen molar-refractivity contribution in [2.75, 3.05) is 4.90 Å². The molecule has 101 heavy (non-hydrogen) atoms. The van der Waals surface area contributed by atoms with Gasteiger partial charge in [-0.3, -0.25) is 0 Å². The third-order valence-electron chi connectivity index (χ3n) is 24.5. The van der Waals surface area contributed by atoms with E-state index in [4.69, 9.17) is 0 Å². The van der Waals surface area contributed by atoms with Gasteiger partial charge in [-0.05, 0) is 258 Å². The number of hydrogen-bond acceptors (Lipinski definition) is 1. The summed E-state index contributed by atoms with van der Waals surface area (Å²) in [5.41, 5.74) is 39.4. The molecule has 0 radical (unpaired) electrons. The highest BCUT2D eigenvalue weighted by atomic mass is 15.2. The van der Waals surface area contributed by atoms with Gasteiger partial charge in [0.15, 0.2) is 0 Å². The van der Waals surface area contributed by atoms with Crippen LogP contribution in [0.2, 0.25) is 0 Å². The van der Waals surface area contributed by atoms with Gasteiger partial charge in [0.1, 0.15) is 0 Å². The second-order valence-electron chi connectivity index (χ2n) is 30.2. The number of benzene rings is 15. The van der Waals surface area contributed by atoms with Gasteiger partial charge in [0, 0.05) is 44.2 Å². The average Bonchev–Trinajstić information content (AvgIpc) is 1.51. The molecule has 2 heterocycles. The highest BCUT2D eigenvalue weighted by Gasteiger charge is 2.52. The Labute approximate surface area is 588 Å². The van der Waals surface area contributed by atoms with Crippen molar-refractivity contribution in [1.29, 1.82) is 0 Å². The molecule has 0 saturated carbocycles. The average molecular weight is 1290 g/mol. The zero-order valence-electron chi connectivity index (χ0n) is 56.8. The Balaban J connectivity index is 0.596. The van der Waals surface area contributed by atoms with Crippen molar-refractivity contribution in [2.24, 2.45) is 0 Å². The highest BCUT2D eigenvalue weighted by Crippen LogP contribution is 2.64. The van der Waals surface area contributed by atoms with Crippen LogP contribution in [0.5, 0.6) is 0 Å². The van der Waals surface area contributed by atoms with Crippen LogP contribution >= 0.6 is 0 Å². The van der Waals surface area contributed by atoms with Crippen LogP contribution < -0.4 is 4.90 Å². The van der Waals surface area contributed by atoms with E-state index in [1.54, 1.807) is 0 Å². The molecule has 6 aliphatic rings. The fourth-order valence-corrected chi connectivity index (χ4v) is 19.6. The van der Waals surface area contributed by atoms with Crippen LogP contribution in [0, 0.1) is 0 Å². The summed E-state index contributed by atoms with van der Waals surface area (Å²) < 4.78 is 2.43. The summed E-state index contributed by atoms with van der Waals surface area (Å²) in [5.74, 6) is 0. The van der Waals surface area contributed by atoms with E-state index in [-0.39, 0.29) is 16.9 Å². The minimum Gasteiger partial charge on any atom is -0.333 e. The lowest BCUT2D eigenvalue weighted by molar-refractivity contribution is 0.660. The van der Waals surface area contributed by atoms with Crippen molar-refractivity contribution in [3.05, 3.63) is 377 Å². The van der Waals surface area contributed by atoms with E-state index in [9.17, 15) is 0 Å². The molecule has 0 saturated heterocycles. The van der Waals surface area contributed by atoms with Gasteiger partial charge < -0.3 is 9.47 Å². The Bertz CT molecular complexity index is 6410. The maximum Gasteiger partial charge on any atom is 0.0725 e. The van der Waals surface area contributed by atoms with Crippen LogP contribution in [-0.2, 0) is 16.2 Å². The third-order valence-corrected chi connectivity index (χ3v) is 24.5. The first-order valence-electron chi connectivity index (χ1n) is 36.0. The summed E-state index contributed by atoms with van der Waals surface area (Å²) in [6.45, 7) is 9.74. The first-order chi connectivity index (χ1) is 49.5. The lowest BCUT2D eigenvalue weighted by atomic mass is 9.70. The Kier molecular flexibility index (Phi) is 11.5. The lowest BCUT2D eigenvalue weighted by Gasteiger charge is -2.31. The fourth-order valence-electron chi connectivity index (χ4n) is 19.6. The molecule has 0 bridgehead atoms. The minimum absolute atomic E-state index is 0.221. The molecule has 1 spiro atoms. The van der Waals surface area contributed by atoms with E-state index in [1.165, 1.54) is 205 Å². The molecule has 474 valence electrons. The smallest absolute Gasteiger partial charge is 0.0725 e. The second kappa shape index (κ2) is 20.5. The molecule has 2 nitrogen and oxygen atoms in total. The number of aromatic nitrogens is 1. The Morgan fingerprint density at radius 3 is 1.25 bits per heavy atom. The van der Waals surface area contributed by atoms with E-state index in [1.807, 2.05) is 0 Å². The monoisotopic (exact) mass is 1280 g/mol. The van der Waals surface area contributed by atoms with Crippen LogP contribution in [0.4, 0.5) is 11.4 Å². The van der Waals surface area contributed by atoms with Crippen LogP contribution in [0.3, 0.4) is 0 Å². The Morgan fingerprint density at radius 2 is 0.683 bits per heavy atom. The van der Waals surface area contributed by atoms with Crippen molar-refractivity contribution in [1.82, 2.24) is 4.57 Å². The van der Waals surface area contributed by atoms with Crippen molar-refractivity contribution in [2.45, 2.75) is 56.4 Å². The summed E-state index contributed by atoms with van der Waals surface area (Å²) in [5, 5.41) is 7.56. The van der Waals surface area contributed by atoms with Crippen molar-refractivity contribution < 1.29 is 0 Å². The standard InChI is InChI=1S/C99H68N2/c1-97(2)87-53-65(63-37-47-95-83(51-63)81-23-11-15-27-93(81)100(95)71-39-29-59-17-5-7-19-61(59)49-71)31-41-75(87)77-43-33-67(55-89(77)97)69-35-45-79-80-46-36-70(58-92(80)99(91(79)57-69)85-25-13-9-21-73(85)74-22-10-14-26-86(74)99)68-34-44-78-76-42-32-66(54-88(76)98(3,4)90(78)56-68)64-38-48-96-84(52-64)82-24-12-16-28-94(82)101(96)72-40-30-60-18-6-8-20-62(60)50-72/h5-47,49-58,96H,48H2,1-4H3. The molecular formula is C99H68N2. The maximum atomic E-state index is 2.57. The van der Waals surface area contributed by atoms with Gasteiger partial charge in [0.05, 0.1) is 22.5 Å². The van der Waals surface area contributed by atoms with Crippen LogP contribution in [0.15, 0.2) is 322 Å². The normalized spacial score (nSPS) is 16.1. The summed E-state index contributed by atoms with van der Waals surface area (Å²) in [6, 6.07) is 119. The van der Waals surface area contributed by atoms with Gasteiger partial charge in [-0.25, -0.2) is 0 Å². The number of anilines is 2. The summed E-state index contributed by atoms with van der Waals surface area (Å²) in [4.78, 5) is 2.57. The molecule has 0 N–H and O–H groups in total. The van der Waals surface area contributed by atoms with Gasteiger partial charge >= 0.3 is 0 Å². The fraction of sp³-hybridized carbons (Fsp3) is 0.0909. The molecular weight excluding hydrogens is 1220 g/mol. The number of allylic oxidation sites excluding steroid dienone is 2. The van der Waals surface area contributed by atoms with Gasteiger partial charge in [-0.2, -0.15) is 0 Å². The third kappa shape index (κ3) is 7.83. The molecule has 1 aromatic heterocycles. The van der Waals surface area contributed by atoms with E-state index >= 15 is 0 Å². The second-order valence-corrected chi connectivity index (χ2v) is 30.2. The zero-order valence-corrected chi connectivity index (χ0v) is 56.8. The molecule has 1 atom stereocenters. The minimum atomic E-state index is -0.526. The highest BCUT2D eigenvalue weighted by molar-refractivity contribution is 6.11. The molecule has 0 fully saturated rings. The van der Waals surface area contributed by atoms with Crippen LogP contribution in [0.25, 0.3) is 138 Å². The molecule has 1 unspecified atom stereocenters. The van der Waals surface area contributed by atoms with Gasteiger partial charge in [0.2, 0.25) is 0 Å². The van der Waals surface area contributed by atoms with E-state index in [0.29, 0.717) is 0 Å².